The molecule has 0 amide bonds. The van der Waals surface area contributed by atoms with Gasteiger partial charge in [0.2, 0.25) is 0 Å². The Bertz CT molecular complexity index is 498. The number of fused-ring (bicyclic) bond motifs is 1. The van der Waals surface area contributed by atoms with Crippen molar-refractivity contribution in [1.82, 2.24) is 4.98 Å². The molecule has 0 saturated heterocycles. The average molecular weight is 238 g/mol. The average Bonchev–Trinajstić information content (AvgIpc) is 2.60. The van der Waals surface area contributed by atoms with E-state index in [1.54, 1.807) is 23.1 Å². The van der Waals surface area contributed by atoms with Crippen LogP contribution >= 0.6 is 34.9 Å². The van der Waals surface area contributed by atoms with Gasteiger partial charge in [0.05, 0.1) is 10.2 Å². The zero-order chi connectivity index (χ0) is 9.97. The zero-order valence-corrected chi connectivity index (χ0v) is 9.80. The van der Waals surface area contributed by atoms with Gasteiger partial charge in [-0.1, -0.05) is 6.07 Å². The molecule has 1 heterocycles. The molecule has 0 aliphatic heterocycles. The summed E-state index contributed by atoms with van der Waals surface area (Å²) in [4.78, 5) is 5.58. The fourth-order valence-corrected chi connectivity index (χ4v) is 3.27. The summed E-state index contributed by atoms with van der Waals surface area (Å²) in [6.45, 7) is 0. The van der Waals surface area contributed by atoms with Gasteiger partial charge < -0.3 is 0 Å². The smallest absolute Gasteiger partial charge is 0.165 e. The Morgan fingerprint density at radius 2 is 2.36 bits per heavy atom. The second kappa shape index (κ2) is 4.22. The van der Waals surface area contributed by atoms with Crippen LogP contribution < -0.4 is 0 Å². The van der Waals surface area contributed by atoms with E-state index in [1.807, 2.05) is 29.9 Å². The summed E-state index contributed by atoms with van der Waals surface area (Å²) in [6.07, 6.45) is 2.03. The van der Waals surface area contributed by atoms with Crippen LogP contribution in [0.5, 0.6) is 0 Å². The maximum Gasteiger partial charge on any atom is 0.165 e. The van der Waals surface area contributed by atoms with Gasteiger partial charge in [-0.25, -0.2) is 4.98 Å². The van der Waals surface area contributed by atoms with Crippen LogP contribution in [0, 0.1) is 10.7 Å². The molecule has 1 aromatic heterocycles. The fourth-order valence-electron chi connectivity index (χ4n) is 1.15. The molecule has 0 saturated carbocycles. The monoisotopic (exact) mass is 238 g/mol. The van der Waals surface area contributed by atoms with Crippen molar-refractivity contribution in [1.29, 1.82) is 5.26 Å². The Balaban J connectivity index is 2.59. The zero-order valence-electron chi connectivity index (χ0n) is 7.35. The third kappa shape index (κ3) is 1.73. The van der Waals surface area contributed by atoms with E-state index < -0.39 is 0 Å². The molecule has 0 aliphatic rings. The van der Waals surface area contributed by atoms with E-state index >= 15 is 0 Å². The summed E-state index contributed by atoms with van der Waals surface area (Å²) in [5.41, 5.74) is 1.02. The molecule has 0 aliphatic carbocycles. The van der Waals surface area contributed by atoms with E-state index in [9.17, 15) is 0 Å². The van der Waals surface area contributed by atoms with Crippen molar-refractivity contribution in [2.24, 2.45) is 0 Å². The first kappa shape index (κ1) is 9.84. The number of thiocyanates is 1. The molecule has 2 aromatic rings. The highest BCUT2D eigenvalue weighted by atomic mass is 32.2. The van der Waals surface area contributed by atoms with Gasteiger partial charge in [0.1, 0.15) is 5.40 Å². The summed E-state index contributed by atoms with van der Waals surface area (Å²) in [6, 6.07) is 6.11. The number of thiazole rings is 1. The molecular weight excluding hydrogens is 232 g/mol. The molecular formula is C9H6N2S3. The Labute approximate surface area is 94.3 Å². The number of para-hydroxylation sites is 1. The van der Waals surface area contributed by atoms with Gasteiger partial charge in [0.25, 0.3) is 0 Å². The van der Waals surface area contributed by atoms with Crippen LogP contribution in [0.1, 0.15) is 0 Å². The third-order valence-corrected chi connectivity index (χ3v) is 4.16. The molecule has 0 spiro atoms. The Morgan fingerprint density at radius 3 is 3.07 bits per heavy atom. The van der Waals surface area contributed by atoms with Crippen LogP contribution in [0.4, 0.5) is 0 Å². The first-order chi connectivity index (χ1) is 6.85. The van der Waals surface area contributed by atoms with E-state index in [0.717, 1.165) is 26.3 Å². The van der Waals surface area contributed by atoms with Crippen molar-refractivity contribution in [2.75, 3.05) is 6.26 Å². The molecule has 70 valence electrons. The largest absolute Gasteiger partial charge is 0.227 e. The maximum absolute atomic E-state index is 8.55. The summed E-state index contributed by atoms with van der Waals surface area (Å²) in [5, 5.41) is 10.6. The standard InChI is InChI=1S/C9H6N2S3/c1-12-6-3-2-4-7-8(6)11-9(14-7)13-5-10/h2-4H,1H3. The van der Waals surface area contributed by atoms with Crippen LogP contribution in [0.15, 0.2) is 27.4 Å². The van der Waals surface area contributed by atoms with Gasteiger partial charge in [0, 0.05) is 16.7 Å². The van der Waals surface area contributed by atoms with Gasteiger partial charge in [-0.15, -0.1) is 23.1 Å². The van der Waals surface area contributed by atoms with Gasteiger partial charge >= 0.3 is 0 Å². The van der Waals surface area contributed by atoms with Crippen LogP contribution in [-0.2, 0) is 0 Å². The lowest BCUT2D eigenvalue weighted by atomic mass is 10.3. The number of aromatic nitrogens is 1. The van der Waals surface area contributed by atoms with E-state index in [2.05, 4.69) is 4.98 Å². The predicted octanol–water partition coefficient (Wildman–Crippen LogP) is 3.59. The predicted molar refractivity (Wildman–Crippen MR) is 62.9 cm³/mol. The number of nitrogens with zero attached hydrogens (tertiary/aromatic N) is 2. The minimum atomic E-state index is 0.823. The lowest BCUT2D eigenvalue weighted by Crippen LogP contribution is -1.73. The molecule has 0 radical (unpaired) electrons. The van der Waals surface area contributed by atoms with Gasteiger partial charge in [-0.2, -0.15) is 5.26 Å². The van der Waals surface area contributed by atoms with Crippen molar-refractivity contribution in [3.63, 3.8) is 0 Å². The number of nitriles is 1. The van der Waals surface area contributed by atoms with Crippen LogP contribution in [0.2, 0.25) is 0 Å². The fraction of sp³-hybridized carbons (Fsp3) is 0.111. The van der Waals surface area contributed by atoms with E-state index in [-0.39, 0.29) is 0 Å². The van der Waals surface area contributed by atoms with Gasteiger partial charge in [-0.05, 0) is 18.4 Å². The maximum atomic E-state index is 8.55. The first-order valence-corrected chi connectivity index (χ1v) is 6.70. The molecule has 5 heteroatoms. The van der Waals surface area contributed by atoms with Gasteiger partial charge in [-0.3, -0.25) is 0 Å². The highest BCUT2D eigenvalue weighted by Gasteiger charge is 2.07. The van der Waals surface area contributed by atoms with E-state index in [4.69, 9.17) is 5.26 Å². The van der Waals surface area contributed by atoms with E-state index in [0.29, 0.717) is 0 Å². The minimum Gasteiger partial charge on any atom is -0.227 e. The summed E-state index contributed by atoms with van der Waals surface area (Å²) < 4.78 is 1.97. The quantitative estimate of drug-likeness (QED) is 0.592. The lowest BCUT2D eigenvalue weighted by Gasteiger charge is -1.94. The molecule has 0 N–H and O–H groups in total. The molecule has 0 unspecified atom stereocenters. The summed E-state index contributed by atoms with van der Waals surface area (Å²) in [5.74, 6) is 0. The number of benzene rings is 1. The van der Waals surface area contributed by atoms with Crippen molar-refractivity contribution in [2.45, 2.75) is 9.24 Å². The van der Waals surface area contributed by atoms with Crippen LogP contribution in [0.25, 0.3) is 10.2 Å². The number of rotatable bonds is 2. The van der Waals surface area contributed by atoms with Gasteiger partial charge in [0.15, 0.2) is 4.34 Å². The third-order valence-electron chi connectivity index (χ3n) is 1.72. The lowest BCUT2D eigenvalue weighted by molar-refractivity contribution is 1.28. The molecule has 0 atom stereocenters. The van der Waals surface area contributed by atoms with Crippen molar-refractivity contribution >= 4 is 45.1 Å². The minimum absolute atomic E-state index is 0.823. The SMILES string of the molecule is CSc1cccc2sc(SC#N)nc12. The molecule has 0 bridgehead atoms. The van der Waals surface area contributed by atoms with Crippen molar-refractivity contribution < 1.29 is 0 Å². The van der Waals surface area contributed by atoms with Crippen LogP contribution in [-0.4, -0.2) is 11.2 Å². The Hall–Kier alpha value is -0.700. The molecule has 1 aromatic carbocycles. The number of hydrogen-bond donors (Lipinski definition) is 0. The first-order valence-electron chi connectivity index (χ1n) is 3.84. The molecule has 0 fully saturated rings. The Morgan fingerprint density at radius 1 is 1.50 bits per heavy atom. The highest BCUT2D eigenvalue weighted by molar-refractivity contribution is 8.05. The number of hydrogen-bond acceptors (Lipinski definition) is 5. The second-order valence-corrected chi connectivity index (χ2v) is 5.39. The summed E-state index contributed by atoms with van der Waals surface area (Å²) in [7, 11) is 0. The number of thioether (sulfide) groups is 2. The van der Waals surface area contributed by atoms with Crippen molar-refractivity contribution in [3.8, 4) is 5.40 Å². The second-order valence-electron chi connectivity index (χ2n) is 2.48. The summed E-state index contributed by atoms with van der Waals surface area (Å²) >= 11 is 4.37. The normalized spacial score (nSPS) is 10.3. The highest BCUT2D eigenvalue weighted by Crippen LogP contribution is 2.33. The van der Waals surface area contributed by atoms with Crippen molar-refractivity contribution in [3.05, 3.63) is 18.2 Å². The topological polar surface area (TPSA) is 36.7 Å². The molecule has 2 nitrogen and oxygen atoms in total. The van der Waals surface area contributed by atoms with Crippen LogP contribution in [0.3, 0.4) is 0 Å². The Kier molecular flexibility index (Phi) is 2.96. The molecule has 2 rings (SSSR count). The van der Waals surface area contributed by atoms with E-state index in [1.165, 1.54) is 4.90 Å². The molecule has 14 heavy (non-hydrogen) atoms.